The standard InChI is InChI=1S/C40H49ClN2O6S/c1-4-5-20-40(26-44,48-3)35-16-13-32(35)24-43-25-39(19-9-12-30-22-33(41)15-17-34(30)39)27-49-37-18-14-31(23-36(37)43)38(45)42-50(46,47)28(2)21-29-10-7-6-8-11-29/h5-8,10-11,14-15,17-18,20,22-23,28,32,35,44H,4,9,12-13,16,19,21,24-27H2,1-3H3,(H,42,45)/b20-5+/t28-,32+,35-,39+,40+/m1/s1. The Kier molecular flexibility index (Phi) is 11.0. The lowest BCUT2D eigenvalue weighted by atomic mass is 9.64. The molecule has 3 aliphatic rings. The van der Waals surface area contributed by atoms with Crippen LogP contribution in [0.1, 0.15) is 73.0 Å². The Bertz CT molecular complexity index is 1810. The summed E-state index contributed by atoms with van der Waals surface area (Å²) < 4.78 is 41.6. The van der Waals surface area contributed by atoms with Gasteiger partial charge in [0.25, 0.3) is 5.91 Å². The highest BCUT2D eigenvalue weighted by molar-refractivity contribution is 7.90. The molecule has 50 heavy (non-hydrogen) atoms. The van der Waals surface area contributed by atoms with Crippen LogP contribution in [-0.4, -0.2) is 63.7 Å². The van der Waals surface area contributed by atoms with Gasteiger partial charge in [-0.1, -0.05) is 67.1 Å². The Hall–Kier alpha value is -3.37. The number of rotatable bonds is 12. The molecule has 1 heterocycles. The van der Waals surface area contributed by atoms with Crippen molar-refractivity contribution in [3.05, 3.63) is 106 Å². The Morgan fingerprint density at radius 1 is 1.18 bits per heavy atom. The van der Waals surface area contributed by atoms with Crippen molar-refractivity contribution in [3.63, 3.8) is 0 Å². The zero-order valence-electron chi connectivity index (χ0n) is 29.2. The van der Waals surface area contributed by atoms with Gasteiger partial charge in [0, 0.05) is 36.2 Å². The largest absolute Gasteiger partial charge is 0.490 e. The van der Waals surface area contributed by atoms with E-state index in [2.05, 4.69) is 34.8 Å². The van der Waals surface area contributed by atoms with E-state index in [9.17, 15) is 18.3 Å². The van der Waals surface area contributed by atoms with E-state index in [1.54, 1.807) is 32.2 Å². The second kappa shape index (κ2) is 15.1. The molecule has 1 spiro atoms. The Labute approximate surface area is 301 Å². The topological polar surface area (TPSA) is 105 Å². The highest BCUT2D eigenvalue weighted by Crippen LogP contribution is 2.48. The van der Waals surface area contributed by atoms with Gasteiger partial charge < -0.3 is 19.5 Å². The van der Waals surface area contributed by atoms with Crippen LogP contribution in [0, 0.1) is 11.8 Å². The molecule has 3 aromatic carbocycles. The summed E-state index contributed by atoms with van der Waals surface area (Å²) >= 11 is 6.45. The predicted molar refractivity (Wildman–Crippen MR) is 199 cm³/mol. The molecule has 0 aromatic heterocycles. The molecule has 5 atom stereocenters. The van der Waals surface area contributed by atoms with E-state index in [-0.39, 0.29) is 35.8 Å². The predicted octanol–water partition coefficient (Wildman–Crippen LogP) is 6.87. The number of anilines is 1. The second-order valence-electron chi connectivity index (χ2n) is 14.3. The molecule has 3 aromatic rings. The van der Waals surface area contributed by atoms with Crippen molar-refractivity contribution in [3.8, 4) is 5.75 Å². The van der Waals surface area contributed by atoms with E-state index in [4.69, 9.17) is 21.1 Å². The molecule has 1 amide bonds. The molecule has 10 heteroatoms. The molecule has 1 fully saturated rings. The molecule has 0 unspecified atom stereocenters. The van der Waals surface area contributed by atoms with Crippen LogP contribution >= 0.6 is 11.6 Å². The summed E-state index contributed by atoms with van der Waals surface area (Å²) in [6, 6.07) is 20.7. The number of benzene rings is 3. The van der Waals surface area contributed by atoms with Crippen molar-refractivity contribution in [2.24, 2.45) is 11.8 Å². The summed E-state index contributed by atoms with van der Waals surface area (Å²) in [7, 11) is -2.29. The SMILES string of the molecule is CC/C=C/[C@@](CO)(OC)[C@@H]1CC[C@H]1CN1C[C@@]2(CCCc3cc(Cl)ccc32)COc2ccc(C(=O)NS(=O)(=O)[C@H](C)Cc3ccccc3)cc21. The van der Waals surface area contributed by atoms with Crippen molar-refractivity contribution < 1.29 is 27.8 Å². The number of nitrogens with zero attached hydrogens (tertiary/aromatic N) is 1. The van der Waals surface area contributed by atoms with Crippen LogP contribution in [0.25, 0.3) is 0 Å². The first-order valence-electron chi connectivity index (χ1n) is 17.8. The first-order chi connectivity index (χ1) is 24.0. The minimum absolute atomic E-state index is 0.101. The molecule has 0 saturated heterocycles. The maximum absolute atomic E-state index is 13.6. The smallest absolute Gasteiger partial charge is 0.264 e. The number of carbonyl (C=O) groups excluding carboxylic acids is 1. The fraction of sp³-hybridized carbons (Fsp3) is 0.475. The average Bonchev–Trinajstić information content (AvgIpc) is 3.25. The summed E-state index contributed by atoms with van der Waals surface area (Å²) in [5.74, 6) is 0.288. The number of aliphatic hydroxyl groups excluding tert-OH is 1. The maximum atomic E-state index is 13.6. The molecule has 8 nitrogen and oxygen atoms in total. The summed E-state index contributed by atoms with van der Waals surface area (Å²) in [5.41, 5.74) is 3.27. The Morgan fingerprint density at radius 2 is 1.98 bits per heavy atom. The van der Waals surface area contributed by atoms with E-state index in [0.717, 1.165) is 54.8 Å². The normalized spacial score (nSPS) is 23.6. The quantitative estimate of drug-likeness (QED) is 0.197. The lowest BCUT2D eigenvalue weighted by Crippen LogP contribution is -2.54. The first-order valence-corrected chi connectivity index (χ1v) is 19.7. The molecule has 1 saturated carbocycles. The van der Waals surface area contributed by atoms with Gasteiger partial charge in [-0.3, -0.25) is 4.79 Å². The van der Waals surface area contributed by atoms with Gasteiger partial charge >= 0.3 is 0 Å². The number of sulfonamides is 1. The van der Waals surface area contributed by atoms with Crippen molar-refractivity contribution in [2.45, 2.75) is 75.1 Å². The van der Waals surface area contributed by atoms with Crippen LogP contribution in [0.3, 0.4) is 0 Å². The van der Waals surface area contributed by atoms with E-state index >= 15 is 0 Å². The van der Waals surface area contributed by atoms with Gasteiger partial charge in [-0.25, -0.2) is 13.1 Å². The molecule has 0 radical (unpaired) electrons. The number of hydrogen-bond acceptors (Lipinski definition) is 7. The van der Waals surface area contributed by atoms with Crippen LogP contribution in [0.4, 0.5) is 5.69 Å². The number of nitrogens with one attached hydrogen (secondary N) is 1. The lowest BCUT2D eigenvalue weighted by Gasteiger charge is -2.50. The number of methoxy groups -OCH3 is 1. The van der Waals surface area contributed by atoms with E-state index in [1.807, 2.05) is 42.5 Å². The molecule has 2 aliphatic carbocycles. The number of aliphatic hydroxyl groups is 1. The average molecular weight is 721 g/mol. The van der Waals surface area contributed by atoms with E-state index < -0.39 is 26.8 Å². The third-order valence-corrected chi connectivity index (χ3v) is 13.1. The third kappa shape index (κ3) is 7.33. The number of amides is 1. The summed E-state index contributed by atoms with van der Waals surface area (Å²) in [4.78, 5) is 16.0. The number of aryl methyl sites for hydroxylation is 1. The number of carbonyl (C=O) groups is 1. The van der Waals surface area contributed by atoms with E-state index in [0.29, 0.717) is 25.4 Å². The number of halogens is 1. The molecule has 2 N–H and O–H groups in total. The minimum atomic E-state index is -3.96. The fourth-order valence-electron chi connectivity index (χ4n) is 8.21. The van der Waals surface area contributed by atoms with Crippen LogP contribution in [0.15, 0.2) is 78.9 Å². The van der Waals surface area contributed by atoms with Gasteiger partial charge in [0.1, 0.15) is 11.4 Å². The van der Waals surface area contributed by atoms with Gasteiger partial charge in [-0.05, 0) is 111 Å². The van der Waals surface area contributed by atoms with Gasteiger partial charge in [0.15, 0.2) is 0 Å². The highest BCUT2D eigenvalue weighted by atomic mass is 35.5. The van der Waals surface area contributed by atoms with Gasteiger partial charge in [0.2, 0.25) is 10.0 Å². The minimum Gasteiger partial charge on any atom is -0.490 e. The maximum Gasteiger partial charge on any atom is 0.264 e. The number of fused-ring (bicyclic) bond motifs is 3. The number of allylic oxidation sites excluding steroid dienone is 1. The van der Waals surface area contributed by atoms with Gasteiger partial charge in [-0.15, -0.1) is 0 Å². The van der Waals surface area contributed by atoms with Gasteiger partial charge in [0.05, 0.1) is 24.2 Å². The fourth-order valence-corrected chi connectivity index (χ4v) is 9.39. The zero-order chi connectivity index (χ0) is 35.5. The second-order valence-corrected chi connectivity index (χ2v) is 16.9. The molecular weight excluding hydrogens is 672 g/mol. The lowest BCUT2D eigenvalue weighted by molar-refractivity contribution is -0.103. The highest BCUT2D eigenvalue weighted by Gasteiger charge is 2.48. The van der Waals surface area contributed by atoms with E-state index in [1.165, 1.54) is 11.1 Å². The Morgan fingerprint density at radius 3 is 2.68 bits per heavy atom. The number of ether oxygens (including phenoxy) is 2. The monoisotopic (exact) mass is 720 g/mol. The zero-order valence-corrected chi connectivity index (χ0v) is 30.8. The summed E-state index contributed by atoms with van der Waals surface area (Å²) in [5, 5.41) is 10.5. The first kappa shape index (κ1) is 36.4. The van der Waals surface area contributed by atoms with Crippen molar-refractivity contribution in [1.29, 1.82) is 0 Å². The van der Waals surface area contributed by atoms with Crippen LogP contribution in [-0.2, 0) is 33.0 Å². The summed E-state index contributed by atoms with van der Waals surface area (Å²) in [6.07, 6.45) is 10.00. The number of hydrogen-bond donors (Lipinski definition) is 2. The Balaban J connectivity index is 1.33. The molecule has 268 valence electrons. The van der Waals surface area contributed by atoms with Crippen LogP contribution < -0.4 is 14.4 Å². The molecule has 6 rings (SSSR count). The van der Waals surface area contributed by atoms with Crippen LogP contribution in [0.2, 0.25) is 5.02 Å². The van der Waals surface area contributed by atoms with Crippen molar-refractivity contribution >= 4 is 33.2 Å². The molecule has 1 aliphatic heterocycles. The van der Waals surface area contributed by atoms with Crippen LogP contribution in [0.5, 0.6) is 5.75 Å². The molecular formula is C40H49ClN2O6S. The third-order valence-electron chi connectivity index (χ3n) is 11.2. The molecule has 0 bridgehead atoms. The van der Waals surface area contributed by atoms with Crippen molar-refractivity contribution in [2.75, 3.05) is 38.3 Å². The van der Waals surface area contributed by atoms with Crippen molar-refractivity contribution in [1.82, 2.24) is 4.72 Å². The van der Waals surface area contributed by atoms with Gasteiger partial charge in [-0.2, -0.15) is 0 Å². The summed E-state index contributed by atoms with van der Waals surface area (Å²) in [6.45, 7) is 5.35.